The number of likely N-dealkylation sites (tertiary alicyclic amines) is 1. The van der Waals surface area contributed by atoms with Gasteiger partial charge in [-0.2, -0.15) is 11.8 Å². The molecule has 574 valence electrons. The summed E-state index contributed by atoms with van der Waals surface area (Å²) in [6, 6.07) is 29.6. The fraction of sp³-hybridized carbons (Fsp3) is 0.456. The second kappa shape index (κ2) is 40.4. The molecule has 18 N–H and O–H groups in total. The van der Waals surface area contributed by atoms with E-state index in [1.54, 1.807) is 42.6 Å². The molecular formula is C79H104FIN16O9S. The van der Waals surface area contributed by atoms with Crippen LogP contribution in [0.4, 0.5) is 4.39 Å². The van der Waals surface area contributed by atoms with Crippen molar-refractivity contribution in [1.29, 1.82) is 0 Å². The normalized spacial score (nSPS) is 23.9. The first-order valence-corrected chi connectivity index (χ1v) is 42.7. The fourth-order valence-corrected chi connectivity index (χ4v) is 17.5. The first-order valence-electron chi connectivity index (χ1n) is 37.2. The second-order valence-electron chi connectivity index (χ2n) is 28.3. The number of aliphatic imine (C=N–C) groups is 1. The molecule has 10 rings (SSSR count). The van der Waals surface area contributed by atoms with E-state index in [0.29, 0.717) is 79.8 Å². The van der Waals surface area contributed by atoms with Gasteiger partial charge in [0.2, 0.25) is 11.8 Å². The summed E-state index contributed by atoms with van der Waals surface area (Å²) in [6.07, 6.45) is 8.09. The van der Waals surface area contributed by atoms with E-state index < -0.39 is 120 Å². The van der Waals surface area contributed by atoms with Crippen LogP contribution in [0.25, 0.3) is 21.8 Å². The monoisotopic (exact) mass is 1600 g/mol. The van der Waals surface area contributed by atoms with Crippen LogP contribution in [0.1, 0.15) is 104 Å². The number of unbranched alkanes of at least 4 members (excludes halogenated alkanes) is 1. The number of nitrogens with two attached hydrogens (primary N) is 3. The Bertz CT molecular complexity index is 4160. The number of nitrogens with zero attached hydrogens (tertiary/aromatic N) is 2. The van der Waals surface area contributed by atoms with E-state index in [1.807, 2.05) is 66.4 Å². The predicted molar refractivity (Wildman–Crippen MR) is 426 cm³/mol. The molecule has 107 heavy (non-hydrogen) atoms. The number of halogens is 2. The molecule has 28 heteroatoms. The SMILES string of the molecule is CN1C[C@H](CSCCN[C@@H]2CCCCNCC(=O)[C@H](Cc3ccccc3F)NC(=O)[C@H](I(C)O)NC(=O)[C@H](CCCCN)NC(=O)[C@@H](Cc3c[nH]c4ccccc34)NC(=O)[C@H](Cc3ccccc3)NC(=O)[C@H](CCc3ccccc3)NC(=O)[C@H](CCCN=C(N)N)NC2=O)C[C@@H]2c3cccc4[nH]cc(c34)C[C@H]21. The van der Waals surface area contributed by atoms with Crippen LogP contribution in [0.5, 0.6) is 0 Å². The number of carbonyl (C=O) groups is 8. The van der Waals surface area contributed by atoms with E-state index >= 15 is 28.4 Å². The number of thioether (sulfide) groups is 1. The van der Waals surface area contributed by atoms with Crippen LogP contribution in [-0.2, 0) is 70.5 Å². The summed E-state index contributed by atoms with van der Waals surface area (Å²) < 4.78 is 25.4. The van der Waals surface area contributed by atoms with Gasteiger partial charge >= 0.3 is 329 Å². The van der Waals surface area contributed by atoms with E-state index in [4.69, 9.17) is 17.2 Å². The molecule has 0 bridgehead atoms. The van der Waals surface area contributed by atoms with E-state index in [9.17, 15) is 17.8 Å². The van der Waals surface area contributed by atoms with Gasteiger partial charge in [0.15, 0.2) is 5.96 Å². The van der Waals surface area contributed by atoms with Crippen LogP contribution in [0, 0.1) is 11.7 Å². The number of piperidine rings is 1. The Labute approximate surface area is 636 Å². The van der Waals surface area contributed by atoms with Crippen molar-refractivity contribution in [2.24, 2.45) is 28.1 Å². The van der Waals surface area contributed by atoms with Crippen LogP contribution < -0.4 is 65.1 Å². The quantitative estimate of drug-likeness (QED) is 0.00972. The molecule has 2 aliphatic heterocycles. The first kappa shape index (κ1) is 80.8. The number of benzene rings is 5. The van der Waals surface area contributed by atoms with Gasteiger partial charge in [0.1, 0.15) is 12.1 Å². The summed E-state index contributed by atoms with van der Waals surface area (Å²) in [7, 11) is 2.22. The number of aromatic nitrogens is 2. The molecule has 0 unspecified atom stereocenters. The molecule has 0 radical (unpaired) electrons. The number of ketones is 1. The Morgan fingerprint density at radius 1 is 0.636 bits per heavy atom. The van der Waals surface area contributed by atoms with Crippen LogP contribution >= 0.6 is 32.0 Å². The minimum atomic E-state index is -3.45. The number of aromatic amines is 2. The number of H-pyrrole nitrogens is 2. The third-order valence-electron chi connectivity index (χ3n) is 20.4. The summed E-state index contributed by atoms with van der Waals surface area (Å²) >= 11 is -1.63. The number of fused-ring (bicyclic) bond motifs is 3. The van der Waals surface area contributed by atoms with Crippen LogP contribution in [-0.4, -0.2) is 187 Å². The zero-order valence-electron chi connectivity index (χ0n) is 60.9. The van der Waals surface area contributed by atoms with Crippen molar-refractivity contribution in [2.75, 3.05) is 62.8 Å². The molecule has 25 nitrogen and oxygen atoms in total. The molecule has 2 fully saturated rings. The third-order valence-corrected chi connectivity index (χ3v) is 24.3. The number of guanidine groups is 1. The third kappa shape index (κ3) is 23.1. The molecule has 1 aliphatic carbocycles. The minimum absolute atomic E-state index is 0.00837. The summed E-state index contributed by atoms with van der Waals surface area (Å²) in [5.74, 6) is -4.09. The van der Waals surface area contributed by atoms with Crippen molar-refractivity contribution in [2.45, 2.75) is 155 Å². The first-order chi connectivity index (χ1) is 51.8. The molecule has 2 saturated heterocycles. The average Bonchev–Trinajstić information content (AvgIpc) is 1.66. The topological polar surface area (TPSA) is 390 Å². The fourth-order valence-electron chi connectivity index (χ4n) is 14.8. The molecule has 5 aromatic carbocycles. The van der Waals surface area contributed by atoms with Gasteiger partial charge in [-0.3, -0.25) is 19.4 Å². The number of amides is 7. The van der Waals surface area contributed by atoms with E-state index in [1.165, 1.54) is 45.2 Å². The van der Waals surface area contributed by atoms with Crippen molar-refractivity contribution < 1.29 is 46.2 Å². The summed E-state index contributed by atoms with van der Waals surface area (Å²) in [6.45, 7) is 1.78. The van der Waals surface area contributed by atoms with Crippen molar-refractivity contribution >= 4 is 107 Å². The van der Waals surface area contributed by atoms with Crippen molar-refractivity contribution in [3.8, 4) is 0 Å². The van der Waals surface area contributed by atoms with Gasteiger partial charge in [-0.25, -0.2) is 0 Å². The molecule has 7 amide bonds. The van der Waals surface area contributed by atoms with E-state index in [2.05, 4.69) is 99.2 Å². The van der Waals surface area contributed by atoms with Gasteiger partial charge in [-0.05, 0) is 80.0 Å². The molecule has 0 saturated carbocycles. The molecule has 4 heterocycles. The Hall–Kier alpha value is -8.78. The number of hydrogen-bond donors (Lipinski definition) is 15. The zero-order chi connectivity index (χ0) is 75.8. The maximum absolute atomic E-state index is 15.5. The average molecular weight is 1600 g/mol. The molecule has 3 aliphatic rings. The number of para-hydroxylation sites is 1. The Balaban J connectivity index is 0.955. The van der Waals surface area contributed by atoms with Gasteiger partial charge in [-0.1, -0.05) is 78.9 Å². The van der Waals surface area contributed by atoms with Crippen LogP contribution in [0.3, 0.4) is 0 Å². The van der Waals surface area contributed by atoms with Gasteiger partial charge in [0.05, 0.1) is 0 Å². The number of alkyl halides is 2. The van der Waals surface area contributed by atoms with E-state index in [0.717, 1.165) is 41.6 Å². The van der Waals surface area contributed by atoms with Gasteiger partial charge < -0.3 is 37.3 Å². The van der Waals surface area contributed by atoms with Gasteiger partial charge in [-0.15, -0.1) is 0 Å². The number of carbonyl (C=O) groups excluding carboxylic acids is 8. The number of aryl methyl sites for hydroxylation is 1. The maximum atomic E-state index is 15.5. The zero-order valence-corrected chi connectivity index (χ0v) is 63.9. The van der Waals surface area contributed by atoms with Gasteiger partial charge in [0, 0.05) is 54.4 Å². The van der Waals surface area contributed by atoms with Gasteiger partial charge in [0.25, 0.3) is 0 Å². The number of rotatable bonds is 24. The van der Waals surface area contributed by atoms with Crippen LogP contribution in [0.2, 0.25) is 0 Å². The summed E-state index contributed by atoms with van der Waals surface area (Å²) in [5.41, 5.74) is 24.4. The van der Waals surface area contributed by atoms with Crippen LogP contribution in [0.15, 0.2) is 145 Å². The smallest absolute Gasteiger partial charge is 0.370 e. The predicted octanol–water partition coefficient (Wildman–Crippen LogP) is 4.72. The standard InChI is InChI=1S/C79H104FIN16O9S/c1-81(106)71-78(105)93-65(41-52-23-9-11-26-58(52)80)69(98)46-85-35-16-14-28-61(86-37-38-107-48-51-39-57-56-25-17-30-60-70(56)54(45-89-60)43-68(57)97(2)47-51)72(99)90-63(31-18-36-87-79(83)84)73(100)92-64(33-32-49-19-5-3-6-20-49)74(101)94-66(40-50-21-7-4-8-22-50)76(103)95-67(42-53-44-88-59-27-12-10-24-55(53)59)77(104)91-62(75(102)96-71)29-13-15-34-82/h3-12,17,19-27,30,44-45,51,57,61-68,71,85-86,88-89,106H,13-16,18,28-29,31-43,46-48,82H2,1-2H3,(H,90,99)(H,91,104)(H,92,100)(H,93,105)(H,94,101)(H,95,103)(H,96,102)(H4,83,84,87)/t51-,57-,61-,62+,63+,64+,65+,66+,67-,68-,71-/m1/s1. The molecule has 0 spiro atoms. The summed E-state index contributed by atoms with van der Waals surface area (Å²) in [5, 5.41) is 28.9. The molecule has 2 aromatic heterocycles. The van der Waals surface area contributed by atoms with Crippen molar-refractivity contribution in [1.82, 2.24) is 62.7 Å². The number of Topliss-reactive ketones (excluding diaryl/α,β-unsaturated/α-hetero) is 1. The van der Waals surface area contributed by atoms with E-state index in [-0.39, 0.29) is 82.6 Å². The minimum Gasteiger partial charge on any atom is -0.370 e. The molecular weight excluding hydrogens is 1490 g/mol. The number of hydrogen-bond acceptors (Lipinski definition) is 15. The number of likely N-dealkylation sites (N-methyl/N-ethyl adjacent to an activating group) is 1. The Morgan fingerprint density at radius 2 is 1.24 bits per heavy atom. The molecule has 7 aromatic rings. The van der Waals surface area contributed by atoms with Crippen molar-refractivity contribution in [3.63, 3.8) is 0 Å². The second-order valence-corrected chi connectivity index (χ2v) is 33.4. The molecule has 11 atom stereocenters. The Morgan fingerprint density at radius 3 is 1.96 bits per heavy atom. The Kier molecular flexibility index (Phi) is 30.5. The summed E-state index contributed by atoms with van der Waals surface area (Å²) in [4.78, 5) is 135. The van der Waals surface area contributed by atoms with Crippen molar-refractivity contribution in [3.05, 3.63) is 179 Å². The number of nitrogens with one attached hydrogen (secondary N) is 11.